The number of nitrogens with zero attached hydrogens (tertiary/aromatic N) is 1. The molecule has 0 spiro atoms. The minimum atomic E-state index is 0.171. The first kappa shape index (κ1) is 14.8. The first-order chi connectivity index (χ1) is 8.63. The van der Waals surface area contributed by atoms with Crippen molar-refractivity contribution >= 4 is 5.82 Å². The minimum absolute atomic E-state index is 0.171. The van der Waals surface area contributed by atoms with Crippen molar-refractivity contribution in [3.8, 4) is 5.75 Å². The number of hydrogen-bond donors (Lipinski definition) is 1. The lowest BCUT2D eigenvalue weighted by molar-refractivity contribution is 0.242. The Kier molecular flexibility index (Phi) is 6.55. The minimum Gasteiger partial charge on any atom is -0.487 e. The van der Waals surface area contributed by atoms with Crippen LogP contribution in [-0.2, 0) is 0 Å². The molecule has 0 radical (unpaired) electrons. The highest BCUT2D eigenvalue weighted by Crippen LogP contribution is 2.23. The molecular weight excluding hydrogens is 224 g/mol. The van der Waals surface area contributed by atoms with Gasteiger partial charge in [-0.15, -0.1) is 0 Å². The standard InChI is InChI=1S/C15H26N2O/c1-5-6-7-9-13(4)17-15-14(18-12(2)3)10-8-11-16-15/h8,10-13H,5-7,9H2,1-4H3,(H,16,17). The largest absolute Gasteiger partial charge is 0.487 e. The molecule has 0 amide bonds. The number of aromatic nitrogens is 1. The van der Waals surface area contributed by atoms with E-state index in [4.69, 9.17) is 4.74 Å². The van der Waals surface area contributed by atoms with Crippen LogP contribution in [0.15, 0.2) is 18.3 Å². The van der Waals surface area contributed by atoms with Crippen molar-refractivity contribution in [1.29, 1.82) is 0 Å². The smallest absolute Gasteiger partial charge is 0.168 e. The van der Waals surface area contributed by atoms with Gasteiger partial charge in [-0.2, -0.15) is 0 Å². The van der Waals surface area contributed by atoms with Crippen LogP contribution in [0.3, 0.4) is 0 Å². The van der Waals surface area contributed by atoms with Gasteiger partial charge in [0.1, 0.15) is 0 Å². The van der Waals surface area contributed by atoms with E-state index >= 15 is 0 Å². The van der Waals surface area contributed by atoms with Gasteiger partial charge in [0.2, 0.25) is 0 Å². The Labute approximate surface area is 111 Å². The second-order valence-electron chi connectivity index (χ2n) is 5.06. The van der Waals surface area contributed by atoms with E-state index in [9.17, 15) is 0 Å². The summed E-state index contributed by atoms with van der Waals surface area (Å²) in [4.78, 5) is 4.36. The van der Waals surface area contributed by atoms with E-state index < -0.39 is 0 Å². The van der Waals surface area contributed by atoms with Crippen LogP contribution in [0.1, 0.15) is 53.4 Å². The van der Waals surface area contributed by atoms with E-state index in [-0.39, 0.29) is 6.10 Å². The van der Waals surface area contributed by atoms with Gasteiger partial charge in [-0.3, -0.25) is 0 Å². The second-order valence-corrected chi connectivity index (χ2v) is 5.06. The third-order valence-corrected chi connectivity index (χ3v) is 2.76. The number of unbranched alkanes of at least 4 members (excludes halogenated alkanes) is 2. The Morgan fingerprint density at radius 2 is 2.06 bits per heavy atom. The number of nitrogens with one attached hydrogen (secondary N) is 1. The Morgan fingerprint density at radius 1 is 1.28 bits per heavy atom. The lowest BCUT2D eigenvalue weighted by Gasteiger charge is -2.18. The van der Waals surface area contributed by atoms with Crippen LogP contribution in [0.5, 0.6) is 5.75 Å². The van der Waals surface area contributed by atoms with Gasteiger partial charge in [0.25, 0.3) is 0 Å². The van der Waals surface area contributed by atoms with Crippen LogP contribution in [0.2, 0.25) is 0 Å². The predicted molar refractivity (Wildman–Crippen MR) is 77.2 cm³/mol. The molecule has 3 heteroatoms. The zero-order chi connectivity index (χ0) is 13.4. The fourth-order valence-corrected chi connectivity index (χ4v) is 1.85. The first-order valence-corrected chi connectivity index (χ1v) is 7.01. The molecule has 0 aliphatic rings. The zero-order valence-electron chi connectivity index (χ0n) is 12.1. The van der Waals surface area contributed by atoms with Crippen molar-refractivity contribution in [2.24, 2.45) is 0 Å². The maximum atomic E-state index is 5.75. The number of anilines is 1. The summed E-state index contributed by atoms with van der Waals surface area (Å²) in [5.41, 5.74) is 0. The van der Waals surface area contributed by atoms with Gasteiger partial charge in [-0.25, -0.2) is 4.98 Å². The molecule has 0 aliphatic heterocycles. The number of rotatable bonds is 8. The van der Waals surface area contributed by atoms with Crippen LogP contribution in [0.4, 0.5) is 5.82 Å². The van der Waals surface area contributed by atoms with Crippen molar-refractivity contribution in [2.45, 2.75) is 65.5 Å². The molecule has 1 unspecified atom stereocenters. The van der Waals surface area contributed by atoms with Crippen LogP contribution >= 0.6 is 0 Å². The van der Waals surface area contributed by atoms with Crippen LogP contribution in [0, 0.1) is 0 Å². The summed E-state index contributed by atoms with van der Waals surface area (Å²) < 4.78 is 5.75. The van der Waals surface area contributed by atoms with Gasteiger partial charge < -0.3 is 10.1 Å². The van der Waals surface area contributed by atoms with Crippen LogP contribution in [0.25, 0.3) is 0 Å². The second kappa shape index (κ2) is 7.96. The van der Waals surface area contributed by atoms with Gasteiger partial charge in [-0.05, 0) is 39.3 Å². The highest BCUT2D eigenvalue weighted by molar-refractivity contribution is 5.50. The van der Waals surface area contributed by atoms with E-state index in [1.165, 1.54) is 25.7 Å². The van der Waals surface area contributed by atoms with Crippen LogP contribution < -0.4 is 10.1 Å². The number of ether oxygens (including phenoxy) is 1. The molecule has 0 saturated carbocycles. The fourth-order valence-electron chi connectivity index (χ4n) is 1.85. The Morgan fingerprint density at radius 3 is 2.72 bits per heavy atom. The first-order valence-electron chi connectivity index (χ1n) is 7.01. The van der Waals surface area contributed by atoms with E-state index in [0.29, 0.717) is 6.04 Å². The molecule has 1 atom stereocenters. The van der Waals surface area contributed by atoms with Gasteiger partial charge >= 0.3 is 0 Å². The summed E-state index contributed by atoms with van der Waals surface area (Å²) in [7, 11) is 0. The SMILES string of the molecule is CCCCCC(C)Nc1ncccc1OC(C)C. The number of pyridine rings is 1. The molecule has 0 fully saturated rings. The van der Waals surface area contributed by atoms with E-state index in [1.807, 2.05) is 26.0 Å². The third-order valence-electron chi connectivity index (χ3n) is 2.76. The zero-order valence-corrected chi connectivity index (χ0v) is 12.1. The van der Waals surface area contributed by atoms with Gasteiger partial charge in [0.05, 0.1) is 6.10 Å². The Bertz CT molecular complexity index is 339. The Balaban J connectivity index is 2.54. The fraction of sp³-hybridized carbons (Fsp3) is 0.667. The summed E-state index contributed by atoms with van der Waals surface area (Å²) in [6.45, 7) is 8.48. The van der Waals surface area contributed by atoms with Crippen molar-refractivity contribution in [3.05, 3.63) is 18.3 Å². The van der Waals surface area contributed by atoms with Crippen LogP contribution in [-0.4, -0.2) is 17.1 Å². The summed E-state index contributed by atoms with van der Waals surface area (Å²) in [6.07, 6.45) is 6.96. The quantitative estimate of drug-likeness (QED) is 0.700. The third kappa shape index (κ3) is 5.39. The maximum absolute atomic E-state index is 5.75. The lowest BCUT2D eigenvalue weighted by Crippen LogP contribution is -2.17. The molecule has 102 valence electrons. The summed E-state index contributed by atoms with van der Waals surface area (Å²) in [5, 5.41) is 3.44. The summed E-state index contributed by atoms with van der Waals surface area (Å²) in [6, 6.07) is 4.31. The average Bonchev–Trinajstić information content (AvgIpc) is 2.31. The molecule has 0 saturated heterocycles. The van der Waals surface area contributed by atoms with E-state index in [2.05, 4.69) is 24.1 Å². The molecule has 1 aromatic heterocycles. The molecule has 1 rings (SSSR count). The van der Waals surface area contributed by atoms with Crippen molar-refractivity contribution in [1.82, 2.24) is 4.98 Å². The molecule has 0 aromatic carbocycles. The Hall–Kier alpha value is -1.25. The monoisotopic (exact) mass is 250 g/mol. The van der Waals surface area contributed by atoms with Crippen molar-refractivity contribution in [2.75, 3.05) is 5.32 Å². The molecule has 1 aromatic rings. The highest BCUT2D eigenvalue weighted by atomic mass is 16.5. The van der Waals surface area contributed by atoms with E-state index in [0.717, 1.165) is 11.6 Å². The molecule has 1 heterocycles. The van der Waals surface area contributed by atoms with Gasteiger partial charge in [0, 0.05) is 12.2 Å². The molecule has 1 N–H and O–H groups in total. The summed E-state index contributed by atoms with van der Waals surface area (Å²) >= 11 is 0. The highest BCUT2D eigenvalue weighted by Gasteiger charge is 2.09. The normalized spacial score (nSPS) is 12.5. The molecule has 0 aliphatic carbocycles. The van der Waals surface area contributed by atoms with Gasteiger partial charge in [0.15, 0.2) is 11.6 Å². The van der Waals surface area contributed by atoms with Crippen molar-refractivity contribution < 1.29 is 4.74 Å². The summed E-state index contributed by atoms with van der Waals surface area (Å²) in [5.74, 6) is 1.70. The number of hydrogen-bond acceptors (Lipinski definition) is 3. The molecule has 18 heavy (non-hydrogen) atoms. The predicted octanol–water partition coefficient (Wildman–Crippen LogP) is 4.25. The molecule has 0 bridgehead atoms. The van der Waals surface area contributed by atoms with Gasteiger partial charge in [-0.1, -0.05) is 26.2 Å². The lowest BCUT2D eigenvalue weighted by atomic mass is 10.1. The van der Waals surface area contributed by atoms with Crippen molar-refractivity contribution in [3.63, 3.8) is 0 Å². The van der Waals surface area contributed by atoms with E-state index in [1.54, 1.807) is 6.20 Å². The maximum Gasteiger partial charge on any atom is 0.168 e. The topological polar surface area (TPSA) is 34.2 Å². The molecular formula is C15H26N2O. The molecule has 3 nitrogen and oxygen atoms in total. The average molecular weight is 250 g/mol.